The average Bonchev–Trinajstić information content (AvgIpc) is 2.59. The van der Waals surface area contributed by atoms with Gasteiger partial charge in [-0.3, -0.25) is 4.79 Å². The lowest BCUT2D eigenvalue weighted by molar-refractivity contribution is -0.147. The molecule has 1 aromatic rings. The van der Waals surface area contributed by atoms with Crippen molar-refractivity contribution in [2.45, 2.75) is 26.3 Å². The van der Waals surface area contributed by atoms with Crippen molar-refractivity contribution in [3.8, 4) is 0 Å². The van der Waals surface area contributed by atoms with Crippen LogP contribution in [-0.4, -0.2) is 37.6 Å². The molecule has 0 aliphatic carbocycles. The Morgan fingerprint density at radius 3 is 2.44 bits per heavy atom. The molecule has 0 saturated heterocycles. The van der Waals surface area contributed by atoms with Gasteiger partial charge >= 0.3 is 11.9 Å². The monoisotopic (exact) mass is 393 g/mol. The minimum Gasteiger partial charge on any atom is -0.467 e. The number of methoxy groups -OCH3 is 1. The Morgan fingerprint density at radius 2 is 1.88 bits per heavy atom. The van der Waals surface area contributed by atoms with E-state index in [0.29, 0.717) is 6.42 Å². The van der Waals surface area contributed by atoms with Gasteiger partial charge in [-0.25, -0.2) is 14.0 Å². The summed E-state index contributed by atoms with van der Waals surface area (Å²) in [5.41, 5.74) is -0.261. The topological polar surface area (TPSA) is 81.7 Å². The van der Waals surface area contributed by atoms with E-state index in [1.807, 2.05) is 6.92 Å². The minimum atomic E-state index is -0.992. The van der Waals surface area contributed by atoms with E-state index in [9.17, 15) is 18.8 Å². The number of amides is 1. The second-order valence-electron chi connectivity index (χ2n) is 5.28. The lowest BCUT2D eigenvalue weighted by atomic mass is 9.99. The summed E-state index contributed by atoms with van der Waals surface area (Å²) in [6.45, 7) is 2.96. The number of ether oxygens (including phenoxy) is 2. The standard InChI is InChI=1S/C16H18Cl2FNO5/c1-4-8(2)14(16(23)24-3)20-13(21)7-25-15(22)9-5-12(19)11(18)6-10(9)17/h5-6,8,14H,4,7H2,1-3H3,(H,20,21)/t8-,14-/m0/s1. The van der Waals surface area contributed by atoms with E-state index in [4.69, 9.17) is 27.9 Å². The molecule has 1 N–H and O–H groups in total. The minimum absolute atomic E-state index is 0.108. The molecule has 25 heavy (non-hydrogen) atoms. The number of carbonyl (C=O) groups excluding carboxylic acids is 3. The SMILES string of the molecule is CC[C@H](C)[C@H](NC(=O)COC(=O)c1cc(F)c(Cl)cc1Cl)C(=O)OC. The zero-order valence-corrected chi connectivity index (χ0v) is 15.4. The Bertz CT molecular complexity index is 668. The number of esters is 2. The normalized spacial score (nSPS) is 12.9. The zero-order valence-electron chi connectivity index (χ0n) is 13.9. The van der Waals surface area contributed by atoms with Crippen LogP contribution in [0.2, 0.25) is 10.0 Å². The molecule has 2 atom stereocenters. The molecule has 1 rings (SSSR count). The van der Waals surface area contributed by atoms with Gasteiger partial charge in [0.05, 0.1) is 22.7 Å². The van der Waals surface area contributed by atoms with Crippen LogP contribution in [-0.2, 0) is 19.1 Å². The predicted molar refractivity (Wildman–Crippen MR) is 90.1 cm³/mol. The van der Waals surface area contributed by atoms with E-state index in [2.05, 4.69) is 10.1 Å². The summed E-state index contributed by atoms with van der Waals surface area (Å²) in [4.78, 5) is 35.5. The van der Waals surface area contributed by atoms with Gasteiger partial charge in [-0.2, -0.15) is 0 Å². The molecule has 0 radical (unpaired) electrons. The van der Waals surface area contributed by atoms with Gasteiger partial charge in [-0.05, 0) is 18.1 Å². The van der Waals surface area contributed by atoms with E-state index in [-0.39, 0.29) is 21.5 Å². The maximum atomic E-state index is 13.4. The van der Waals surface area contributed by atoms with Crippen molar-refractivity contribution in [2.24, 2.45) is 5.92 Å². The first kappa shape index (κ1) is 21.2. The van der Waals surface area contributed by atoms with Gasteiger partial charge < -0.3 is 14.8 Å². The van der Waals surface area contributed by atoms with Crippen LogP contribution in [0, 0.1) is 11.7 Å². The van der Waals surface area contributed by atoms with Gasteiger partial charge in [-0.15, -0.1) is 0 Å². The second kappa shape index (κ2) is 9.58. The molecule has 0 heterocycles. The van der Waals surface area contributed by atoms with Gasteiger partial charge in [0.1, 0.15) is 11.9 Å². The maximum Gasteiger partial charge on any atom is 0.340 e. The van der Waals surface area contributed by atoms with Crippen LogP contribution in [0.4, 0.5) is 4.39 Å². The maximum absolute atomic E-state index is 13.4. The van der Waals surface area contributed by atoms with E-state index >= 15 is 0 Å². The van der Waals surface area contributed by atoms with Gasteiger partial charge in [0.25, 0.3) is 5.91 Å². The number of hydrogen-bond donors (Lipinski definition) is 1. The number of rotatable bonds is 7. The van der Waals surface area contributed by atoms with Crippen molar-refractivity contribution in [3.63, 3.8) is 0 Å². The lowest BCUT2D eigenvalue weighted by Gasteiger charge is -2.21. The number of hydrogen-bond acceptors (Lipinski definition) is 5. The molecule has 0 unspecified atom stereocenters. The van der Waals surface area contributed by atoms with Crippen molar-refractivity contribution in [1.82, 2.24) is 5.32 Å². The van der Waals surface area contributed by atoms with Crippen LogP contribution in [0.15, 0.2) is 12.1 Å². The Kier molecular flexibility index (Phi) is 8.12. The highest BCUT2D eigenvalue weighted by molar-refractivity contribution is 6.36. The van der Waals surface area contributed by atoms with E-state index in [1.165, 1.54) is 7.11 Å². The number of halogens is 3. The summed E-state index contributed by atoms with van der Waals surface area (Å²) in [5, 5.41) is 2.09. The molecule has 0 aromatic heterocycles. The van der Waals surface area contributed by atoms with Crippen LogP contribution < -0.4 is 5.32 Å². The van der Waals surface area contributed by atoms with Gasteiger partial charge in [-0.1, -0.05) is 43.5 Å². The van der Waals surface area contributed by atoms with Crippen LogP contribution >= 0.6 is 23.2 Å². The predicted octanol–water partition coefficient (Wildman–Crippen LogP) is 2.99. The van der Waals surface area contributed by atoms with Crippen LogP contribution in [0.3, 0.4) is 0 Å². The molecule has 0 bridgehead atoms. The number of benzene rings is 1. The fraction of sp³-hybridized carbons (Fsp3) is 0.438. The third-order valence-corrected chi connectivity index (χ3v) is 4.15. The molecule has 9 heteroatoms. The smallest absolute Gasteiger partial charge is 0.340 e. The first-order valence-corrected chi connectivity index (χ1v) is 8.15. The molecule has 138 valence electrons. The van der Waals surface area contributed by atoms with Gasteiger partial charge in [0, 0.05) is 0 Å². The van der Waals surface area contributed by atoms with Crippen molar-refractivity contribution in [1.29, 1.82) is 0 Å². The summed E-state index contributed by atoms with van der Waals surface area (Å²) in [7, 11) is 1.21. The number of nitrogens with one attached hydrogen (secondary N) is 1. The Balaban J connectivity index is 2.70. The first-order chi connectivity index (χ1) is 11.7. The Labute approximate surface area is 154 Å². The molecule has 0 fully saturated rings. The summed E-state index contributed by atoms with van der Waals surface area (Å²) < 4.78 is 22.9. The Morgan fingerprint density at radius 1 is 1.24 bits per heavy atom. The molecular formula is C16H18Cl2FNO5. The third kappa shape index (κ3) is 5.86. The molecule has 0 spiro atoms. The van der Waals surface area contributed by atoms with Crippen LogP contribution in [0.25, 0.3) is 0 Å². The highest BCUT2D eigenvalue weighted by Gasteiger charge is 2.27. The second-order valence-corrected chi connectivity index (χ2v) is 6.09. The highest BCUT2D eigenvalue weighted by atomic mass is 35.5. The molecular weight excluding hydrogens is 376 g/mol. The van der Waals surface area contributed by atoms with Crippen LogP contribution in [0.1, 0.15) is 30.6 Å². The van der Waals surface area contributed by atoms with Gasteiger partial charge in [0.15, 0.2) is 6.61 Å². The molecule has 0 aliphatic heterocycles. The van der Waals surface area contributed by atoms with Gasteiger partial charge in [0.2, 0.25) is 0 Å². The van der Waals surface area contributed by atoms with Crippen molar-refractivity contribution in [3.05, 3.63) is 33.6 Å². The average molecular weight is 394 g/mol. The molecule has 0 saturated carbocycles. The quantitative estimate of drug-likeness (QED) is 0.568. The molecule has 1 aromatic carbocycles. The van der Waals surface area contributed by atoms with Crippen molar-refractivity contribution in [2.75, 3.05) is 13.7 Å². The summed E-state index contributed by atoms with van der Waals surface area (Å²) in [6.07, 6.45) is 0.624. The van der Waals surface area contributed by atoms with Crippen LogP contribution in [0.5, 0.6) is 0 Å². The van der Waals surface area contributed by atoms with Crippen molar-refractivity contribution < 1.29 is 28.2 Å². The zero-order chi connectivity index (χ0) is 19.1. The Hall–Kier alpha value is -1.86. The molecule has 1 amide bonds. The largest absolute Gasteiger partial charge is 0.467 e. The number of carbonyl (C=O) groups is 3. The summed E-state index contributed by atoms with van der Waals surface area (Å²) in [6, 6.07) is 1.02. The molecule has 0 aliphatic rings. The lowest BCUT2D eigenvalue weighted by Crippen LogP contribution is -2.47. The van der Waals surface area contributed by atoms with E-state index in [1.54, 1.807) is 6.92 Å². The highest BCUT2D eigenvalue weighted by Crippen LogP contribution is 2.24. The summed E-state index contributed by atoms with van der Waals surface area (Å²) >= 11 is 11.3. The fourth-order valence-corrected chi connectivity index (χ4v) is 2.36. The summed E-state index contributed by atoms with van der Waals surface area (Å²) in [5.74, 6) is -3.31. The molecule has 6 nitrogen and oxygen atoms in total. The fourth-order valence-electron chi connectivity index (χ4n) is 1.90. The van der Waals surface area contributed by atoms with Crippen molar-refractivity contribution >= 4 is 41.0 Å². The van der Waals surface area contributed by atoms with E-state index in [0.717, 1.165) is 12.1 Å². The van der Waals surface area contributed by atoms with E-state index < -0.39 is 36.3 Å². The first-order valence-electron chi connectivity index (χ1n) is 7.40. The third-order valence-electron chi connectivity index (χ3n) is 3.55.